The molecule has 1 aromatic heterocycles. The summed E-state index contributed by atoms with van der Waals surface area (Å²) in [7, 11) is 0. The number of nitrogens with zero attached hydrogens (tertiary/aromatic N) is 2. The predicted octanol–water partition coefficient (Wildman–Crippen LogP) is 2.42. The quantitative estimate of drug-likeness (QED) is 0.927. The van der Waals surface area contributed by atoms with Crippen LogP contribution in [-0.2, 0) is 4.74 Å². The fourth-order valence-corrected chi connectivity index (χ4v) is 2.35. The number of morpholine rings is 1. The van der Waals surface area contributed by atoms with Crippen LogP contribution in [0.1, 0.15) is 30.6 Å². The Kier molecular flexibility index (Phi) is 5.20. The van der Waals surface area contributed by atoms with Crippen molar-refractivity contribution in [2.24, 2.45) is 0 Å². The summed E-state index contributed by atoms with van der Waals surface area (Å²) in [5, 5.41) is 3.60. The second kappa shape index (κ2) is 6.90. The van der Waals surface area contributed by atoms with Crippen LogP contribution >= 0.6 is 11.6 Å². The Hall–Kier alpha value is -1.33. The van der Waals surface area contributed by atoms with Gasteiger partial charge in [0.05, 0.1) is 23.3 Å². The van der Waals surface area contributed by atoms with Gasteiger partial charge in [0, 0.05) is 25.8 Å². The molecule has 2 rings (SSSR count). The van der Waals surface area contributed by atoms with Crippen molar-refractivity contribution in [3.05, 3.63) is 22.8 Å². The molecule has 1 aliphatic heterocycles. The molecule has 6 heteroatoms. The molecule has 110 valence electrons. The third-order valence-corrected chi connectivity index (χ3v) is 3.45. The number of ether oxygens (including phenoxy) is 1. The monoisotopic (exact) mass is 297 g/mol. The van der Waals surface area contributed by atoms with Crippen LogP contribution in [0.3, 0.4) is 0 Å². The molecule has 0 aromatic carbocycles. The zero-order valence-corrected chi connectivity index (χ0v) is 12.6. The van der Waals surface area contributed by atoms with E-state index in [1.54, 1.807) is 17.2 Å². The zero-order valence-electron chi connectivity index (χ0n) is 11.9. The third kappa shape index (κ3) is 3.61. The molecule has 1 fully saturated rings. The Bertz CT molecular complexity index is 481. The average molecular weight is 298 g/mol. The van der Waals surface area contributed by atoms with E-state index in [0.717, 1.165) is 13.0 Å². The van der Waals surface area contributed by atoms with E-state index in [0.29, 0.717) is 36.1 Å². The van der Waals surface area contributed by atoms with Crippen LogP contribution in [0.15, 0.2) is 12.3 Å². The first-order valence-corrected chi connectivity index (χ1v) is 7.30. The van der Waals surface area contributed by atoms with Crippen molar-refractivity contribution in [1.82, 2.24) is 9.88 Å². The Labute approximate surface area is 124 Å². The number of amides is 1. The molecule has 20 heavy (non-hydrogen) atoms. The minimum atomic E-state index is -0.0448. The van der Waals surface area contributed by atoms with Gasteiger partial charge in [-0.2, -0.15) is 0 Å². The summed E-state index contributed by atoms with van der Waals surface area (Å²) < 4.78 is 5.44. The standard InChI is InChI=1S/C14H20ClN3O2/c1-3-4-16-13-12(15)7-11(8-17-13)14(19)18-5-6-20-10(2)9-18/h7-8,10H,3-6,9H2,1-2H3,(H,16,17). The van der Waals surface area contributed by atoms with E-state index in [2.05, 4.69) is 17.2 Å². The van der Waals surface area contributed by atoms with Gasteiger partial charge in [-0.25, -0.2) is 4.98 Å². The Balaban J connectivity index is 2.08. The topological polar surface area (TPSA) is 54.5 Å². The second-order valence-electron chi connectivity index (χ2n) is 4.91. The predicted molar refractivity (Wildman–Crippen MR) is 79.3 cm³/mol. The molecular formula is C14H20ClN3O2. The molecule has 1 aromatic rings. The summed E-state index contributed by atoms with van der Waals surface area (Å²) in [6.07, 6.45) is 2.64. The van der Waals surface area contributed by atoms with Crippen LogP contribution < -0.4 is 5.32 Å². The summed E-state index contributed by atoms with van der Waals surface area (Å²) in [5.74, 6) is 0.581. The molecule has 0 aliphatic carbocycles. The van der Waals surface area contributed by atoms with Gasteiger partial charge in [0.15, 0.2) is 0 Å². The van der Waals surface area contributed by atoms with E-state index in [1.807, 2.05) is 6.92 Å². The molecule has 0 spiro atoms. The maximum absolute atomic E-state index is 12.4. The number of anilines is 1. The van der Waals surface area contributed by atoms with Crippen LogP contribution in [0.5, 0.6) is 0 Å². The molecule has 0 radical (unpaired) electrons. The lowest BCUT2D eigenvalue weighted by Gasteiger charge is -2.31. The molecule has 0 saturated carbocycles. The zero-order chi connectivity index (χ0) is 14.5. The van der Waals surface area contributed by atoms with Crippen LogP contribution in [0.4, 0.5) is 5.82 Å². The first-order chi connectivity index (χ1) is 9.61. The molecule has 1 amide bonds. The lowest BCUT2D eigenvalue weighted by atomic mass is 10.2. The van der Waals surface area contributed by atoms with Gasteiger partial charge in [-0.1, -0.05) is 18.5 Å². The highest BCUT2D eigenvalue weighted by molar-refractivity contribution is 6.33. The Morgan fingerprint density at radius 1 is 1.65 bits per heavy atom. The van der Waals surface area contributed by atoms with Gasteiger partial charge < -0.3 is 15.0 Å². The number of pyridine rings is 1. The Morgan fingerprint density at radius 2 is 2.45 bits per heavy atom. The summed E-state index contributed by atoms with van der Waals surface area (Å²) in [5.41, 5.74) is 0.520. The van der Waals surface area contributed by atoms with Gasteiger partial charge in [0.1, 0.15) is 5.82 Å². The van der Waals surface area contributed by atoms with Crippen molar-refractivity contribution in [3.63, 3.8) is 0 Å². The summed E-state index contributed by atoms with van der Waals surface area (Å²) in [6.45, 7) is 6.62. The van der Waals surface area contributed by atoms with Crippen LogP contribution in [0.25, 0.3) is 0 Å². The molecule has 1 atom stereocenters. The van der Waals surface area contributed by atoms with E-state index < -0.39 is 0 Å². The first-order valence-electron chi connectivity index (χ1n) is 6.92. The SMILES string of the molecule is CCCNc1ncc(C(=O)N2CCOC(C)C2)cc1Cl. The van der Waals surface area contributed by atoms with Crippen LogP contribution in [0.2, 0.25) is 5.02 Å². The van der Waals surface area contributed by atoms with Gasteiger partial charge in [-0.05, 0) is 19.4 Å². The number of hydrogen-bond acceptors (Lipinski definition) is 4. The van der Waals surface area contributed by atoms with E-state index in [4.69, 9.17) is 16.3 Å². The molecule has 0 bridgehead atoms. The fourth-order valence-electron chi connectivity index (χ4n) is 2.11. The largest absolute Gasteiger partial charge is 0.375 e. The molecule has 1 unspecified atom stereocenters. The van der Waals surface area contributed by atoms with Crippen molar-refractivity contribution in [2.75, 3.05) is 31.6 Å². The number of halogens is 1. The highest BCUT2D eigenvalue weighted by Gasteiger charge is 2.23. The van der Waals surface area contributed by atoms with E-state index in [9.17, 15) is 4.79 Å². The fraction of sp³-hybridized carbons (Fsp3) is 0.571. The molecule has 1 N–H and O–H groups in total. The highest BCUT2D eigenvalue weighted by Crippen LogP contribution is 2.21. The maximum atomic E-state index is 12.4. The first kappa shape index (κ1) is 15.1. The van der Waals surface area contributed by atoms with Crippen molar-refractivity contribution in [1.29, 1.82) is 0 Å². The summed E-state index contributed by atoms with van der Waals surface area (Å²) in [6, 6.07) is 1.68. The van der Waals surface area contributed by atoms with Gasteiger partial charge in [-0.15, -0.1) is 0 Å². The number of hydrogen-bond donors (Lipinski definition) is 1. The third-order valence-electron chi connectivity index (χ3n) is 3.16. The highest BCUT2D eigenvalue weighted by atomic mass is 35.5. The van der Waals surface area contributed by atoms with E-state index in [-0.39, 0.29) is 12.0 Å². The maximum Gasteiger partial charge on any atom is 0.255 e. The molecule has 1 aliphatic rings. The van der Waals surface area contributed by atoms with Crippen LogP contribution in [-0.4, -0.2) is 48.1 Å². The normalized spacial score (nSPS) is 18.9. The van der Waals surface area contributed by atoms with Gasteiger partial charge >= 0.3 is 0 Å². The van der Waals surface area contributed by atoms with Crippen molar-refractivity contribution in [2.45, 2.75) is 26.4 Å². The van der Waals surface area contributed by atoms with Crippen molar-refractivity contribution >= 4 is 23.3 Å². The van der Waals surface area contributed by atoms with Crippen LogP contribution in [0, 0.1) is 0 Å². The van der Waals surface area contributed by atoms with Gasteiger partial charge in [0.25, 0.3) is 5.91 Å². The number of aromatic nitrogens is 1. The van der Waals surface area contributed by atoms with Crippen molar-refractivity contribution in [3.8, 4) is 0 Å². The summed E-state index contributed by atoms with van der Waals surface area (Å²) in [4.78, 5) is 18.4. The minimum Gasteiger partial charge on any atom is -0.375 e. The van der Waals surface area contributed by atoms with Gasteiger partial charge in [0.2, 0.25) is 0 Å². The molecule has 5 nitrogen and oxygen atoms in total. The molecular weight excluding hydrogens is 278 g/mol. The molecule has 2 heterocycles. The van der Waals surface area contributed by atoms with Crippen molar-refractivity contribution < 1.29 is 9.53 Å². The van der Waals surface area contributed by atoms with E-state index >= 15 is 0 Å². The second-order valence-corrected chi connectivity index (χ2v) is 5.32. The number of carbonyl (C=O) groups is 1. The molecule has 1 saturated heterocycles. The number of rotatable bonds is 4. The minimum absolute atomic E-state index is 0.0448. The lowest BCUT2D eigenvalue weighted by Crippen LogP contribution is -2.44. The number of nitrogens with one attached hydrogen (secondary N) is 1. The summed E-state index contributed by atoms with van der Waals surface area (Å²) >= 11 is 6.16. The van der Waals surface area contributed by atoms with E-state index in [1.165, 1.54) is 0 Å². The smallest absolute Gasteiger partial charge is 0.255 e. The number of carbonyl (C=O) groups excluding carboxylic acids is 1. The Morgan fingerprint density at radius 3 is 3.10 bits per heavy atom. The van der Waals surface area contributed by atoms with Gasteiger partial charge in [-0.3, -0.25) is 4.79 Å². The average Bonchev–Trinajstić information content (AvgIpc) is 2.45. The lowest BCUT2D eigenvalue weighted by molar-refractivity contribution is -0.0124.